The highest BCUT2D eigenvalue weighted by molar-refractivity contribution is 7.92. The van der Waals surface area contributed by atoms with Gasteiger partial charge in [0.2, 0.25) is 21.8 Å². The summed E-state index contributed by atoms with van der Waals surface area (Å²) in [7, 11) is -2.18. The van der Waals surface area contributed by atoms with Crippen LogP contribution in [0.4, 0.5) is 5.69 Å². The number of hydrogen-bond donors (Lipinski definition) is 1. The molecule has 10 heteroatoms. The van der Waals surface area contributed by atoms with E-state index >= 15 is 0 Å². The third-order valence-electron chi connectivity index (χ3n) is 6.45. The molecule has 0 fully saturated rings. The van der Waals surface area contributed by atoms with E-state index in [4.69, 9.17) is 16.3 Å². The monoisotopic (exact) mass is 599 g/mol. The Bertz CT molecular complexity index is 1420. The Kier molecular flexibility index (Phi) is 11.6. The number of sulfonamides is 1. The van der Waals surface area contributed by atoms with Gasteiger partial charge in [-0.15, -0.1) is 0 Å². The fourth-order valence-electron chi connectivity index (χ4n) is 4.58. The fourth-order valence-corrected chi connectivity index (χ4v) is 5.77. The first kappa shape index (κ1) is 32.0. The first-order valence-electron chi connectivity index (χ1n) is 13.5. The molecule has 220 valence electrons. The van der Waals surface area contributed by atoms with Gasteiger partial charge in [0.15, 0.2) is 0 Å². The number of ether oxygens (including phenoxy) is 1. The van der Waals surface area contributed by atoms with Crippen LogP contribution in [0.15, 0.2) is 78.9 Å². The molecule has 3 aromatic carbocycles. The van der Waals surface area contributed by atoms with Gasteiger partial charge in [0.1, 0.15) is 11.8 Å². The quantitative estimate of drug-likeness (QED) is 0.279. The van der Waals surface area contributed by atoms with Crippen LogP contribution in [0.5, 0.6) is 5.75 Å². The molecule has 0 heterocycles. The maximum atomic E-state index is 13.9. The van der Waals surface area contributed by atoms with Crippen molar-refractivity contribution in [2.45, 2.75) is 51.7 Å². The second kappa shape index (κ2) is 14.9. The smallest absolute Gasteiger partial charge is 0.243 e. The Morgan fingerprint density at radius 1 is 0.951 bits per heavy atom. The van der Waals surface area contributed by atoms with Crippen LogP contribution in [-0.4, -0.2) is 57.1 Å². The largest absolute Gasteiger partial charge is 0.495 e. The van der Waals surface area contributed by atoms with Crippen LogP contribution in [0.3, 0.4) is 0 Å². The van der Waals surface area contributed by atoms with E-state index in [0.29, 0.717) is 22.9 Å². The zero-order valence-corrected chi connectivity index (χ0v) is 25.5. The predicted octanol–water partition coefficient (Wildman–Crippen LogP) is 5.06. The van der Waals surface area contributed by atoms with E-state index in [1.54, 1.807) is 47.4 Å². The van der Waals surface area contributed by atoms with E-state index in [1.807, 2.05) is 50.2 Å². The Balaban J connectivity index is 1.90. The van der Waals surface area contributed by atoms with Crippen molar-refractivity contribution in [3.63, 3.8) is 0 Å². The molecule has 0 aliphatic heterocycles. The molecule has 0 saturated heterocycles. The van der Waals surface area contributed by atoms with E-state index in [1.165, 1.54) is 11.4 Å². The molecular weight excluding hydrogens is 562 g/mol. The van der Waals surface area contributed by atoms with Crippen LogP contribution in [0.1, 0.15) is 37.8 Å². The van der Waals surface area contributed by atoms with E-state index in [9.17, 15) is 18.0 Å². The minimum absolute atomic E-state index is 0.0297. The number of amides is 2. The molecule has 1 atom stereocenters. The summed E-state index contributed by atoms with van der Waals surface area (Å²) in [6, 6.07) is 22.7. The minimum Gasteiger partial charge on any atom is -0.495 e. The average molecular weight is 600 g/mol. The summed E-state index contributed by atoms with van der Waals surface area (Å²) < 4.78 is 32.0. The van der Waals surface area contributed by atoms with Crippen molar-refractivity contribution in [1.29, 1.82) is 0 Å². The molecule has 3 rings (SSSR count). The zero-order valence-electron chi connectivity index (χ0n) is 23.9. The van der Waals surface area contributed by atoms with E-state index < -0.39 is 16.1 Å². The van der Waals surface area contributed by atoms with Crippen LogP contribution in [0.2, 0.25) is 5.02 Å². The maximum absolute atomic E-state index is 13.9. The Hall–Kier alpha value is -3.56. The Labute approximate surface area is 248 Å². The topological polar surface area (TPSA) is 96.0 Å². The molecule has 0 spiro atoms. The molecular formula is C31H38ClN3O5S. The van der Waals surface area contributed by atoms with Gasteiger partial charge in [0.05, 0.1) is 19.1 Å². The van der Waals surface area contributed by atoms with Gasteiger partial charge in [-0.25, -0.2) is 8.42 Å². The number of carbonyl (C=O) groups excluding carboxylic acids is 2. The summed E-state index contributed by atoms with van der Waals surface area (Å²) in [4.78, 5) is 28.9. The molecule has 0 saturated carbocycles. The molecule has 0 aromatic heterocycles. The van der Waals surface area contributed by atoms with Gasteiger partial charge in [-0.05, 0) is 55.7 Å². The minimum atomic E-state index is -3.66. The number of carbonyl (C=O) groups is 2. The van der Waals surface area contributed by atoms with Gasteiger partial charge in [-0.2, -0.15) is 0 Å². The number of para-hydroxylation sites is 2. The number of nitrogens with zero attached hydrogens (tertiary/aromatic N) is 2. The molecule has 0 unspecified atom stereocenters. The van der Waals surface area contributed by atoms with Crippen molar-refractivity contribution in [2.75, 3.05) is 24.2 Å². The third kappa shape index (κ3) is 9.50. The number of anilines is 1. The van der Waals surface area contributed by atoms with E-state index in [0.717, 1.165) is 17.4 Å². The summed E-state index contributed by atoms with van der Waals surface area (Å²) in [6.45, 7) is 3.98. The van der Waals surface area contributed by atoms with Crippen molar-refractivity contribution in [2.24, 2.45) is 0 Å². The Morgan fingerprint density at radius 3 is 2.24 bits per heavy atom. The lowest BCUT2D eigenvalue weighted by Gasteiger charge is -2.32. The van der Waals surface area contributed by atoms with Gasteiger partial charge in [-0.1, -0.05) is 66.2 Å². The van der Waals surface area contributed by atoms with E-state index in [2.05, 4.69) is 5.32 Å². The van der Waals surface area contributed by atoms with Gasteiger partial charge in [-0.3, -0.25) is 13.9 Å². The molecule has 2 amide bonds. The second-order valence-corrected chi connectivity index (χ2v) is 12.5. The highest BCUT2D eigenvalue weighted by Crippen LogP contribution is 2.30. The fraction of sp³-hybridized carbons (Fsp3) is 0.355. The normalized spacial score (nSPS) is 12.0. The number of nitrogens with one attached hydrogen (secondary N) is 1. The zero-order chi connectivity index (χ0) is 30.0. The maximum Gasteiger partial charge on any atom is 0.243 e. The van der Waals surface area contributed by atoms with E-state index in [-0.39, 0.29) is 43.8 Å². The van der Waals surface area contributed by atoms with Crippen LogP contribution >= 0.6 is 11.6 Å². The van der Waals surface area contributed by atoms with Gasteiger partial charge < -0.3 is 15.0 Å². The molecule has 8 nitrogen and oxygen atoms in total. The van der Waals surface area contributed by atoms with Crippen molar-refractivity contribution in [3.05, 3.63) is 95.0 Å². The lowest BCUT2D eigenvalue weighted by molar-refractivity contribution is -0.141. The molecule has 41 heavy (non-hydrogen) atoms. The summed E-state index contributed by atoms with van der Waals surface area (Å²) in [5.74, 6) is -0.107. The van der Waals surface area contributed by atoms with Crippen molar-refractivity contribution in [1.82, 2.24) is 10.2 Å². The standard InChI is InChI=1S/C31H38ClN3O5S/c1-23(2)33-31(37)28(21-24-12-6-5-7-13-24)34(22-25-14-10-15-26(32)20-25)30(36)18-11-19-35(41(4,38)39)27-16-8-9-17-29(27)40-3/h5-10,12-17,20,23,28H,11,18-19,21-22H2,1-4H3,(H,33,37)/t28-/m1/s1. The molecule has 0 aliphatic rings. The SMILES string of the molecule is COc1ccccc1N(CCCC(=O)N(Cc1cccc(Cl)c1)[C@H](Cc1ccccc1)C(=O)NC(C)C)S(C)(=O)=O. The molecule has 0 aliphatic carbocycles. The first-order chi connectivity index (χ1) is 19.5. The van der Waals surface area contributed by atoms with Crippen molar-refractivity contribution < 1.29 is 22.7 Å². The molecule has 3 aromatic rings. The van der Waals surface area contributed by atoms with Crippen molar-refractivity contribution >= 4 is 39.1 Å². The molecule has 1 N–H and O–H groups in total. The van der Waals surface area contributed by atoms with Crippen LogP contribution in [0.25, 0.3) is 0 Å². The van der Waals surface area contributed by atoms with Gasteiger partial charge in [0.25, 0.3) is 0 Å². The van der Waals surface area contributed by atoms with Crippen LogP contribution in [0, 0.1) is 0 Å². The number of methoxy groups -OCH3 is 1. The summed E-state index contributed by atoms with van der Waals surface area (Å²) in [5, 5.41) is 3.49. The third-order valence-corrected chi connectivity index (χ3v) is 7.87. The summed E-state index contributed by atoms with van der Waals surface area (Å²) in [5.41, 5.74) is 2.10. The van der Waals surface area contributed by atoms with Crippen LogP contribution < -0.4 is 14.4 Å². The predicted molar refractivity (Wildman–Crippen MR) is 164 cm³/mol. The number of hydrogen-bond acceptors (Lipinski definition) is 5. The van der Waals surface area contributed by atoms with Crippen molar-refractivity contribution in [3.8, 4) is 5.75 Å². The number of halogens is 1. The lowest BCUT2D eigenvalue weighted by Crippen LogP contribution is -2.51. The average Bonchev–Trinajstić information content (AvgIpc) is 2.92. The number of benzene rings is 3. The highest BCUT2D eigenvalue weighted by Gasteiger charge is 2.31. The summed E-state index contributed by atoms with van der Waals surface area (Å²) >= 11 is 6.24. The van der Waals surface area contributed by atoms with Crippen LogP contribution in [-0.2, 0) is 32.6 Å². The molecule has 0 bridgehead atoms. The summed E-state index contributed by atoms with van der Waals surface area (Å²) in [6.07, 6.45) is 1.71. The van der Waals surface area contributed by atoms with Gasteiger partial charge in [0, 0.05) is 37.0 Å². The first-order valence-corrected chi connectivity index (χ1v) is 15.7. The lowest BCUT2D eigenvalue weighted by atomic mass is 10.0. The Morgan fingerprint density at radius 2 is 1.61 bits per heavy atom. The highest BCUT2D eigenvalue weighted by atomic mass is 35.5. The second-order valence-electron chi connectivity index (χ2n) is 10.1. The molecule has 0 radical (unpaired) electrons. The van der Waals surface area contributed by atoms with Gasteiger partial charge >= 0.3 is 0 Å². The number of rotatable bonds is 14.